The lowest BCUT2D eigenvalue weighted by molar-refractivity contribution is -0.136. The highest BCUT2D eigenvalue weighted by molar-refractivity contribution is 5.83. The first kappa shape index (κ1) is 12.0. The summed E-state index contributed by atoms with van der Waals surface area (Å²) in [6.07, 6.45) is -2.68. The maximum atomic E-state index is 12.9. The van der Waals surface area contributed by atoms with Gasteiger partial charge in [-0.15, -0.1) is 0 Å². The first-order valence-corrected chi connectivity index (χ1v) is 5.18. The Bertz CT molecular complexity index is 516. The monoisotopic (exact) mass is 243 g/mol. The van der Waals surface area contributed by atoms with Gasteiger partial charge in [0.1, 0.15) is 0 Å². The van der Waals surface area contributed by atoms with Crippen LogP contribution in [0.2, 0.25) is 0 Å². The van der Waals surface area contributed by atoms with Crippen molar-refractivity contribution in [2.75, 3.05) is 13.7 Å². The second-order valence-electron chi connectivity index (χ2n) is 3.74. The highest BCUT2D eigenvalue weighted by atomic mass is 19.4. The second-order valence-corrected chi connectivity index (χ2v) is 3.74. The number of nitrogens with zero attached hydrogens (tertiary/aromatic N) is 1. The van der Waals surface area contributed by atoms with Gasteiger partial charge in [0.05, 0.1) is 17.7 Å². The minimum Gasteiger partial charge on any atom is -0.383 e. The zero-order valence-corrected chi connectivity index (χ0v) is 9.29. The number of methoxy groups -OCH3 is 1. The van der Waals surface area contributed by atoms with Crippen LogP contribution in [0.15, 0.2) is 30.5 Å². The number of hydrogen-bond donors (Lipinski definition) is 0. The fourth-order valence-electron chi connectivity index (χ4n) is 1.87. The first-order chi connectivity index (χ1) is 8.04. The maximum absolute atomic E-state index is 12.9. The van der Waals surface area contributed by atoms with Crippen molar-refractivity contribution in [3.05, 3.63) is 36.0 Å². The van der Waals surface area contributed by atoms with Gasteiger partial charge in [-0.2, -0.15) is 13.2 Å². The number of alkyl halides is 3. The highest BCUT2D eigenvalue weighted by Gasteiger charge is 2.33. The molecule has 0 saturated heterocycles. The summed E-state index contributed by atoms with van der Waals surface area (Å²) in [5.41, 5.74) is -0.381. The zero-order valence-electron chi connectivity index (χ0n) is 9.29. The van der Waals surface area contributed by atoms with Crippen molar-refractivity contribution in [1.29, 1.82) is 0 Å². The SMILES string of the molecule is COCCn1ccc2cccc(C(F)(F)F)c21. The summed E-state index contributed by atoms with van der Waals surface area (Å²) in [5.74, 6) is 0. The molecule has 1 aromatic heterocycles. The Balaban J connectivity index is 2.56. The molecular formula is C12H12F3NO. The van der Waals surface area contributed by atoms with E-state index < -0.39 is 11.7 Å². The molecule has 5 heteroatoms. The van der Waals surface area contributed by atoms with Crippen molar-refractivity contribution < 1.29 is 17.9 Å². The van der Waals surface area contributed by atoms with E-state index >= 15 is 0 Å². The summed E-state index contributed by atoms with van der Waals surface area (Å²) in [6, 6.07) is 5.88. The first-order valence-electron chi connectivity index (χ1n) is 5.18. The lowest BCUT2D eigenvalue weighted by atomic mass is 10.1. The molecule has 17 heavy (non-hydrogen) atoms. The molecule has 0 unspecified atom stereocenters. The molecule has 92 valence electrons. The van der Waals surface area contributed by atoms with Crippen molar-refractivity contribution in [2.24, 2.45) is 0 Å². The van der Waals surface area contributed by atoms with E-state index in [0.29, 0.717) is 18.5 Å². The Hall–Kier alpha value is -1.49. The van der Waals surface area contributed by atoms with E-state index in [1.807, 2.05) is 0 Å². The van der Waals surface area contributed by atoms with Gasteiger partial charge in [-0.05, 0) is 12.1 Å². The van der Waals surface area contributed by atoms with Gasteiger partial charge in [0, 0.05) is 25.2 Å². The average Bonchev–Trinajstić information content (AvgIpc) is 2.68. The highest BCUT2D eigenvalue weighted by Crippen LogP contribution is 2.35. The minimum absolute atomic E-state index is 0.219. The van der Waals surface area contributed by atoms with Gasteiger partial charge >= 0.3 is 6.18 Å². The van der Waals surface area contributed by atoms with Gasteiger partial charge in [-0.1, -0.05) is 12.1 Å². The molecule has 0 bridgehead atoms. The van der Waals surface area contributed by atoms with E-state index in [4.69, 9.17) is 4.74 Å². The summed E-state index contributed by atoms with van der Waals surface area (Å²) >= 11 is 0. The van der Waals surface area contributed by atoms with Crippen LogP contribution in [0.4, 0.5) is 13.2 Å². The standard InChI is InChI=1S/C12H12F3NO/c1-17-8-7-16-6-5-9-3-2-4-10(11(9)16)12(13,14)15/h2-6H,7-8H2,1H3. The number of ether oxygens (including phenoxy) is 1. The summed E-state index contributed by atoms with van der Waals surface area (Å²) < 4.78 is 45.0. The van der Waals surface area contributed by atoms with Crippen LogP contribution in [-0.4, -0.2) is 18.3 Å². The summed E-state index contributed by atoms with van der Waals surface area (Å²) in [5, 5.41) is 0.593. The molecule has 0 aliphatic carbocycles. The van der Waals surface area contributed by atoms with Gasteiger partial charge in [-0.25, -0.2) is 0 Å². The normalized spacial score (nSPS) is 12.2. The largest absolute Gasteiger partial charge is 0.418 e. The van der Waals surface area contributed by atoms with Gasteiger partial charge in [0.25, 0.3) is 0 Å². The molecule has 2 rings (SSSR count). The van der Waals surface area contributed by atoms with Gasteiger partial charge in [0.15, 0.2) is 0 Å². The molecule has 0 radical (unpaired) electrons. The number of hydrogen-bond acceptors (Lipinski definition) is 1. The Labute approximate surface area is 96.6 Å². The lowest BCUT2D eigenvalue weighted by Crippen LogP contribution is -2.10. The molecule has 0 fully saturated rings. The van der Waals surface area contributed by atoms with Gasteiger partial charge < -0.3 is 9.30 Å². The van der Waals surface area contributed by atoms with Crippen LogP contribution in [0, 0.1) is 0 Å². The van der Waals surface area contributed by atoms with Crippen molar-refractivity contribution in [3.8, 4) is 0 Å². The van der Waals surface area contributed by atoms with Crippen molar-refractivity contribution in [2.45, 2.75) is 12.7 Å². The van der Waals surface area contributed by atoms with Crippen molar-refractivity contribution >= 4 is 10.9 Å². The van der Waals surface area contributed by atoms with Crippen LogP contribution in [-0.2, 0) is 17.5 Å². The summed E-state index contributed by atoms with van der Waals surface area (Å²) in [6.45, 7) is 0.795. The van der Waals surface area contributed by atoms with E-state index in [9.17, 15) is 13.2 Å². The molecule has 0 aliphatic heterocycles. The van der Waals surface area contributed by atoms with Gasteiger partial charge in [-0.3, -0.25) is 0 Å². The van der Waals surface area contributed by atoms with Crippen LogP contribution in [0.5, 0.6) is 0 Å². The third-order valence-electron chi connectivity index (χ3n) is 2.63. The Morgan fingerprint density at radius 3 is 2.65 bits per heavy atom. The van der Waals surface area contributed by atoms with Crippen LogP contribution in [0.3, 0.4) is 0 Å². The Kier molecular flexibility index (Phi) is 3.11. The Morgan fingerprint density at radius 1 is 1.24 bits per heavy atom. The van der Waals surface area contributed by atoms with E-state index in [0.717, 1.165) is 6.07 Å². The molecule has 2 aromatic rings. The molecule has 1 heterocycles. The number of para-hydroxylation sites is 1. The molecule has 1 aromatic carbocycles. The summed E-state index contributed by atoms with van der Waals surface area (Å²) in [7, 11) is 1.52. The van der Waals surface area contributed by atoms with E-state index in [1.165, 1.54) is 13.2 Å². The van der Waals surface area contributed by atoms with E-state index in [2.05, 4.69) is 0 Å². The molecule has 2 nitrogen and oxygen atoms in total. The van der Waals surface area contributed by atoms with Crippen LogP contribution < -0.4 is 0 Å². The topological polar surface area (TPSA) is 14.2 Å². The molecular weight excluding hydrogens is 231 g/mol. The molecule has 0 aliphatic rings. The Morgan fingerprint density at radius 2 is 2.00 bits per heavy atom. The predicted octanol–water partition coefficient (Wildman–Crippen LogP) is 3.31. The fourth-order valence-corrected chi connectivity index (χ4v) is 1.87. The van der Waals surface area contributed by atoms with Crippen LogP contribution in [0.1, 0.15) is 5.56 Å². The molecule has 0 N–H and O–H groups in total. The predicted molar refractivity (Wildman–Crippen MR) is 58.8 cm³/mol. The smallest absolute Gasteiger partial charge is 0.383 e. The number of halogens is 3. The van der Waals surface area contributed by atoms with Crippen LogP contribution in [0.25, 0.3) is 10.9 Å². The van der Waals surface area contributed by atoms with Crippen molar-refractivity contribution in [1.82, 2.24) is 4.57 Å². The van der Waals surface area contributed by atoms with Crippen molar-refractivity contribution in [3.63, 3.8) is 0 Å². The van der Waals surface area contributed by atoms with Gasteiger partial charge in [0.2, 0.25) is 0 Å². The van der Waals surface area contributed by atoms with Crippen LogP contribution >= 0.6 is 0 Å². The molecule has 0 spiro atoms. The maximum Gasteiger partial charge on any atom is 0.418 e. The quantitative estimate of drug-likeness (QED) is 0.806. The fraction of sp³-hybridized carbons (Fsp3) is 0.333. The number of benzene rings is 1. The third-order valence-corrected chi connectivity index (χ3v) is 2.63. The number of aromatic nitrogens is 1. The lowest BCUT2D eigenvalue weighted by Gasteiger charge is -2.12. The number of rotatable bonds is 3. The van der Waals surface area contributed by atoms with E-state index in [1.54, 1.807) is 22.9 Å². The minimum atomic E-state index is -4.33. The van der Waals surface area contributed by atoms with E-state index in [-0.39, 0.29) is 5.52 Å². The summed E-state index contributed by atoms with van der Waals surface area (Å²) in [4.78, 5) is 0. The third kappa shape index (κ3) is 2.29. The number of fused-ring (bicyclic) bond motifs is 1. The molecule has 0 atom stereocenters. The zero-order chi connectivity index (χ0) is 12.5. The second kappa shape index (κ2) is 4.41. The molecule has 0 amide bonds. The molecule has 0 saturated carbocycles. The average molecular weight is 243 g/mol.